The van der Waals surface area contributed by atoms with Crippen LogP contribution >= 0.6 is 15.9 Å². The lowest BCUT2D eigenvalue weighted by molar-refractivity contribution is 0.172. The van der Waals surface area contributed by atoms with Crippen molar-refractivity contribution in [3.8, 4) is 5.75 Å². The van der Waals surface area contributed by atoms with Gasteiger partial charge in [0.15, 0.2) is 0 Å². The quantitative estimate of drug-likeness (QED) is 0.752. The molecule has 18 heavy (non-hydrogen) atoms. The molecule has 1 aromatic carbocycles. The highest BCUT2D eigenvalue weighted by Crippen LogP contribution is 2.39. The zero-order valence-electron chi connectivity index (χ0n) is 10.7. The van der Waals surface area contributed by atoms with Gasteiger partial charge < -0.3 is 15.5 Å². The van der Waals surface area contributed by atoms with Crippen LogP contribution in [0.1, 0.15) is 42.1 Å². The van der Waals surface area contributed by atoms with Crippen LogP contribution in [0.2, 0.25) is 0 Å². The van der Waals surface area contributed by atoms with E-state index in [9.17, 15) is 10.2 Å². The number of benzene rings is 1. The highest BCUT2D eigenvalue weighted by atomic mass is 79.9. The number of hydrogen-bond acceptors (Lipinski definition) is 3. The topological polar surface area (TPSA) is 52.5 Å². The fourth-order valence-corrected chi connectivity index (χ4v) is 3.21. The molecule has 3 nitrogen and oxygen atoms in total. The van der Waals surface area contributed by atoms with Gasteiger partial charge in [-0.2, -0.15) is 0 Å². The van der Waals surface area contributed by atoms with Crippen molar-refractivity contribution in [2.75, 3.05) is 13.6 Å². The zero-order valence-corrected chi connectivity index (χ0v) is 12.3. The second kappa shape index (κ2) is 6.04. The minimum Gasteiger partial charge on any atom is -0.506 e. The Morgan fingerprint density at radius 3 is 2.78 bits per heavy atom. The summed E-state index contributed by atoms with van der Waals surface area (Å²) in [5.74, 6) is 0.193. The Morgan fingerprint density at radius 2 is 2.06 bits per heavy atom. The van der Waals surface area contributed by atoms with Gasteiger partial charge in [0.25, 0.3) is 0 Å². The summed E-state index contributed by atoms with van der Waals surface area (Å²) in [4.78, 5) is 0. The van der Waals surface area contributed by atoms with E-state index in [2.05, 4.69) is 21.2 Å². The Morgan fingerprint density at radius 1 is 1.33 bits per heavy atom. The SMILES string of the molecule is CNCC(O)c1c(O)c(Br)cc2c1CCCCC2. The molecular formula is C14H20BrNO2. The van der Waals surface area contributed by atoms with Crippen LogP contribution in [0.15, 0.2) is 10.5 Å². The predicted octanol–water partition coefficient (Wildman–Crippen LogP) is 2.68. The van der Waals surface area contributed by atoms with E-state index in [1.54, 1.807) is 7.05 Å². The third-order valence-electron chi connectivity index (χ3n) is 3.60. The maximum atomic E-state index is 10.2. The number of rotatable bonds is 3. The second-order valence-corrected chi connectivity index (χ2v) is 5.75. The molecule has 3 N–H and O–H groups in total. The van der Waals surface area contributed by atoms with Crippen molar-refractivity contribution in [3.05, 3.63) is 27.2 Å². The average molecular weight is 314 g/mol. The molecule has 0 heterocycles. The van der Waals surface area contributed by atoms with Crippen molar-refractivity contribution in [1.29, 1.82) is 0 Å². The van der Waals surface area contributed by atoms with Gasteiger partial charge in [-0.15, -0.1) is 0 Å². The molecule has 1 aliphatic rings. The number of fused-ring (bicyclic) bond motifs is 1. The number of aryl methyl sites for hydroxylation is 1. The van der Waals surface area contributed by atoms with Crippen LogP contribution in [0.25, 0.3) is 0 Å². The number of aliphatic hydroxyl groups is 1. The molecule has 0 aliphatic heterocycles. The Bertz CT molecular complexity index is 434. The Kier molecular flexibility index (Phi) is 4.65. The highest BCUT2D eigenvalue weighted by molar-refractivity contribution is 9.10. The van der Waals surface area contributed by atoms with E-state index >= 15 is 0 Å². The summed E-state index contributed by atoms with van der Waals surface area (Å²) in [6.07, 6.45) is 4.87. The van der Waals surface area contributed by atoms with Crippen LogP contribution in [-0.2, 0) is 12.8 Å². The minimum atomic E-state index is -0.653. The number of phenolic OH excluding ortho intramolecular Hbond substituents is 1. The minimum absolute atomic E-state index is 0.193. The Balaban J connectivity index is 2.50. The van der Waals surface area contributed by atoms with Gasteiger partial charge in [0, 0.05) is 12.1 Å². The van der Waals surface area contributed by atoms with E-state index in [1.807, 2.05) is 6.07 Å². The molecule has 1 unspecified atom stereocenters. The second-order valence-electron chi connectivity index (χ2n) is 4.89. The molecule has 0 saturated heterocycles. The summed E-state index contributed by atoms with van der Waals surface area (Å²) < 4.78 is 0.688. The van der Waals surface area contributed by atoms with Crippen LogP contribution in [0, 0.1) is 0 Å². The molecule has 0 fully saturated rings. The fourth-order valence-electron chi connectivity index (χ4n) is 2.72. The zero-order chi connectivity index (χ0) is 13.1. The van der Waals surface area contributed by atoms with E-state index in [0.717, 1.165) is 24.8 Å². The third kappa shape index (κ3) is 2.71. The highest BCUT2D eigenvalue weighted by Gasteiger charge is 2.22. The standard InChI is InChI=1S/C14H20BrNO2/c1-16-8-12(17)13-10-6-4-2-3-5-9(10)7-11(15)14(13)18/h7,12,16-18H,2-6,8H2,1H3. The van der Waals surface area contributed by atoms with Gasteiger partial charge in [0.2, 0.25) is 0 Å². The van der Waals surface area contributed by atoms with E-state index in [0.29, 0.717) is 16.6 Å². The fraction of sp³-hybridized carbons (Fsp3) is 0.571. The monoisotopic (exact) mass is 313 g/mol. The van der Waals surface area contributed by atoms with Crippen molar-refractivity contribution in [2.24, 2.45) is 0 Å². The first-order valence-corrected chi connectivity index (χ1v) is 7.30. The molecule has 0 saturated carbocycles. The Labute approximate surface area is 116 Å². The summed E-state index contributed by atoms with van der Waals surface area (Å²) in [6, 6.07) is 2.01. The van der Waals surface area contributed by atoms with Crippen molar-refractivity contribution in [1.82, 2.24) is 5.32 Å². The molecule has 1 aromatic rings. The van der Waals surface area contributed by atoms with Crippen LogP contribution < -0.4 is 5.32 Å². The first-order chi connectivity index (χ1) is 8.65. The van der Waals surface area contributed by atoms with Crippen molar-refractivity contribution < 1.29 is 10.2 Å². The smallest absolute Gasteiger partial charge is 0.135 e. The number of phenols is 1. The summed E-state index contributed by atoms with van der Waals surface area (Å²) in [6.45, 7) is 0.455. The van der Waals surface area contributed by atoms with Crippen LogP contribution in [0.5, 0.6) is 5.75 Å². The van der Waals surface area contributed by atoms with Crippen molar-refractivity contribution in [3.63, 3.8) is 0 Å². The molecule has 0 radical (unpaired) electrons. The summed E-state index contributed by atoms with van der Waals surface area (Å²) >= 11 is 3.39. The lowest BCUT2D eigenvalue weighted by Gasteiger charge is -2.20. The van der Waals surface area contributed by atoms with Gasteiger partial charge >= 0.3 is 0 Å². The average Bonchev–Trinajstić information content (AvgIpc) is 2.56. The maximum absolute atomic E-state index is 10.2. The summed E-state index contributed by atoms with van der Waals surface area (Å²) in [7, 11) is 1.80. The first-order valence-electron chi connectivity index (χ1n) is 6.51. The molecule has 0 bridgehead atoms. The van der Waals surface area contributed by atoms with Crippen LogP contribution in [0.3, 0.4) is 0 Å². The largest absolute Gasteiger partial charge is 0.506 e. The van der Waals surface area contributed by atoms with Crippen LogP contribution in [-0.4, -0.2) is 23.8 Å². The lowest BCUT2D eigenvalue weighted by atomic mass is 9.93. The number of aliphatic hydroxyl groups excluding tert-OH is 1. The van der Waals surface area contributed by atoms with E-state index < -0.39 is 6.10 Å². The molecule has 100 valence electrons. The summed E-state index contributed by atoms with van der Waals surface area (Å²) in [5, 5.41) is 23.4. The number of hydrogen-bond donors (Lipinski definition) is 3. The molecular weight excluding hydrogens is 294 g/mol. The summed E-state index contributed by atoms with van der Waals surface area (Å²) in [5.41, 5.74) is 3.12. The molecule has 0 spiro atoms. The lowest BCUT2D eigenvalue weighted by Crippen LogP contribution is -2.18. The number of likely N-dealkylation sites (N-methyl/N-ethyl adjacent to an activating group) is 1. The number of aromatic hydroxyl groups is 1. The predicted molar refractivity (Wildman–Crippen MR) is 76.0 cm³/mol. The Hall–Kier alpha value is -0.580. The molecule has 0 amide bonds. The van der Waals surface area contributed by atoms with Gasteiger partial charge in [-0.1, -0.05) is 6.42 Å². The van der Waals surface area contributed by atoms with E-state index in [1.165, 1.54) is 18.4 Å². The van der Waals surface area contributed by atoms with Gasteiger partial charge in [0.05, 0.1) is 10.6 Å². The maximum Gasteiger partial charge on any atom is 0.135 e. The van der Waals surface area contributed by atoms with Gasteiger partial charge in [0.1, 0.15) is 5.75 Å². The molecule has 4 heteroatoms. The number of halogens is 1. The van der Waals surface area contributed by atoms with Gasteiger partial charge in [-0.3, -0.25) is 0 Å². The molecule has 0 aromatic heterocycles. The normalized spacial score (nSPS) is 17.1. The van der Waals surface area contributed by atoms with Crippen molar-refractivity contribution in [2.45, 2.75) is 38.2 Å². The van der Waals surface area contributed by atoms with Gasteiger partial charge in [-0.05, 0) is 65.9 Å². The first kappa shape index (κ1) is 13.8. The molecule has 1 aliphatic carbocycles. The van der Waals surface area contributed by atoms with Crippen LogP contribution in [0.4, 0.5) is 0 Å². The van der Waals surface area contributed by atoms with E-state index in [-0.39, 0.29) is 5.75 Å². The third-order valence-corrected chi connectivity index (χ3v) is 4.20. The van der Waals surface area contributed by atoms with E-state index in [4.69, 9.17) is 0 Å². The molecule has 1 atom stereocenters. The number of nitrogens with one attached hydrogen (secondary N) is 1. The van der Waals surface area contributed by atoms with Crippen molar-refractivity contribution >= 4 is 15.9 Å². The van der Waals surface area contributed by atoms with Gasteiger partial charge in [-0.25, -0.2) is 0 Å². The molecule has 2 rings (SSSR count).